The van der Waals surface area contributed by atoms with Crippen LogP contribution in [0.5, 0.6) is 0 Å². The molecule has 0 saturated carbocycles. The van der Waals surface area contributed by atoms with E-state index >= 15 is 0 Å². The molecule has 3 heterocycles. The number of imide groups is 1. The molecule has 164 valence electrons. The number of anilines is 2. The Morgan fingerprint density at radius 3 is 2.24 bits per heavy atom. The summed E-state index contributed by atoms with van der Waals surface area (Å²) in [5.41, 5.74) is 2.81. The SMILES string of the molecule is O=C1[C@H]2CC=CC[C@@H]2C(=O)N1c1nc2n(n1)[C@@H](c1ccccc1)C=C(c1ccc(Cl)cc1)N2. The molecule has 0 unspecified atom stereocenters. The van der Waals surface area contributed by atoms with Crippen LogP contribution in [0.25, 0.3) is 5.70 Å². The average molecular weight is 458 g/mol. The van der Waals surface area contributed by atoms with Gasteiger partial charge in [-0.25, -0.2) is 9.58 Å². The number of rotatable bonds is 3. The molecule has 1 saturated heterocycles. The van der Waals surface area contributed by atoms with E-state index in [0.29, 0.717) is 23.8 Å². The van der Waals surface area contributed by atoms with E-state index in [1.165, 1.54) is 4.90 Å². The molecule has 2 amide bonds. The van der Waals surface area contributed by atoms with E-state index in [1.54, 1.807) is 4.68 Å². The van der Waals surface area contributed by atoms with Crippen molar-refractivity contribution in [2.24, 2.45) is 11.8 Å². The van der Waals surface area contributed by atoms with Gasteiger partial charge in [-0.3, -0.25) is 9.59 Å². The molecule has 2 aliphatic heterocycles. The quantitative estimate of drug-likeness (QED) is 0.464. The minimum atomic E-state index is -0.330. The molecule has 0 radical (unpaired) electrons. The van der Waals surface area contributed by atoms with Gasteiger partial charge in [0.15, 0.2) is 0 Å². The zero-order chi connectivity index (χ0) is 22.5. The van der Waals surface area contributed by atoms with Gasteiger partial charge in [-0.05, 0) is 42.2 Å². The normalized spacial score (nSPS) is 23.7. The number of amides is 2. The maximum atomic E-state index is 13.1. The lowest BCUT2D eigenvalue weighted by atomic mass is 9.85. The van der Waals surface area contributed by atoms with Gasteiger partial charge in [0.1, 0.15) is 6.04 Å². The van der Waals surface area contributed by atoms with E-state index in [-0.39, 0.29) is 35.6 Å². The van der Waals surface area contributed by atoms with Gasteiger partial charge in [0.2, 0.25) is 17.8 Å². The predicted octanol–water partition coefficient (Wildman–Crippen LogP) is 4.44. The summed E-state index contributed by atoms with van der Waals surface area (Å²) >= 11 is 6.07. The van der Waals surface area contributed by atoms with Gasteiger partial charge in [0.05, 0.1) is 11.8 Å². The molecule has 1 fully saturated rings. The summed E-state index contributed by atoms with van der Waals surface area (Å²) in [5.74, 6) is -0.514. The molecule has 8 heteroatoms. The van der Waals surface area contributed by atoms with Crippen LogP contribution in [0.15, 0.2) is 72.8 Å². The summed E-state index contributed by atoms with van der Waals surface area (Å²) in [4.78, 5) is 31.9. The van der Waals surface area contributed by atoms with Gasteiger partial charge in [-0.15, -0.1) is 5.10 Å². The average Bonchev–Trinajstić information content (AvgIpc) is 3.38. The van der Waals surface area contributed by atoms with Crippen LogP contribution in [0.3, 0.4) is 0 Å². The van der Waals surface area contributed by atoms with Crippen LogP contribution in [-0.4, -0.2) is 26.6 Å². The predicted molar refractivity (Wildman–Crippen MR) is 126 cm³/mol. The number of allylic oxidation sites excluding steroid dienone is 3. The summed E-state index contributed by atoms with van der Waals surface area (Å²) in [6.07, 6.45) is 7.15. The second-order valence-corrected chi connectivity index (χ2v) is 8.85. The zero-order valence-electron chi connectivity index (χ0n) is 17.6. The Kier molecular flexibility index (Phi) is 4.66. The number of nitrogens with one attached hydrogen (secondary N) is 1. The molecule has 0 bridgehead atoms. The molecule has 0 spiro atoms. The molecule has 7 nitrogen and oxygen atoms in total. The number of benzene rings is 2. The third-order valence-electron chi connectivity index (χ3n) is 6.46. The number of fused-ring (bicyclic) bond motifs is 2. The minimum absolute atomic E-state index is 0.119. The van der Waals surface area contributed by atoms with Gasteiger partial charge in [0.25, 0.3) is 5.95 Å². The number of halogens is 1. The van der Waals surface area contributed by atoms with Crippen LogP contribution < -0.4 is 10.2 Å². The van der Waals surface area contributed by atoms with E-state index in [4.69, 9.17) is 11.6 Å². The van der Waals surface area contributed by atoms with Crippen LogP contribution >= 0.6 is 11.6 Å². The number of nitrogens with zero attached hydrogens (tertiary/aromatic N) is 4. The lowest BCUT2D eigenvalue weighted by molar-refractivity contribution is -0.122. The first kappa shape index (κ1) is 19.9. The molecule has 2 aromatic carbocycles. The Labute approximate surface area is 195 Å². The Bertz CT molecular complexity index is 1290. The van der Waals surface area contributed by atoms with Crippen molar-refractivity contribution in [2.75, 3.05) is 10.2 Å². The standard InChI is InChI=1S/C25H20ClN5O2/c26-17-12-10-15(11-13-17)20-14-21(16-6-2-1-3-7-16)31-24(27-20)28-25(29-31)30-22(32)18-8-4-5-9-19(18)23(30)33/h1-7,10-14,18-19,21H,8-9H2,(H,27,28,29)/t18-,19-,21+/m0/s1. The number of carbonyl (C=O) groups excluding carboxylic acids is 2. The van der Waals surface area contributed by atoms with Crippen molar-refractivity contribution in [3.05, 3.63) is 89.0 Å². The lowest BCUT2D eigenvalue weighted by Crippen LogP contribution is -2.32. The van der Waals surface area contributed by atoms with E-state index < -0.39 is 0 Å². The fraction of sp³-hybridized carbons (Fsp3) is 0.200. The Balaban J connectivity index is 1.42. The van der Waals surface area contributed by atoms with Gasteiger partial charge >= 0.3 is 0 Å². The smallest absolute Gasteiger partial charge is 0.260 e. The molecule has 1 N–H and O–H groups in total. The molecule has 3 atom stereocenters. The molecule has 3 aromatic rings. The van der Waals surface area contributed by atoms with Crippen molar-refractivity contribution < 1.29 is 9.59 Å². The van der Waals surface area contributed by atoms with Crippen molar-refractivity contribution in [1.29, 1.82) is 0 Å². The Hall–Kier alpha value is -3.71. The van der Waals surface area contributed by atoms with Crippen molar-refractivity contribution in [2.45, 2.75) is 18.9 Å². The summed E-state index contributed by atoms with van der Waals surface area (Å²) < 4.78 is 1.73. The number of aromatic nitrogens is 3. The molecule has 33 heavy (non-hydrogen) atoms. The summed E-state index contributed by atoms with van der Waals surface area (Å²) in [7, 11) is 0. The van der Waals surface area contributed by atoms with Crippen LogP contribution in [0.2, 0.25) is 5.02 Å². The number of carbonyl (C=O) groups is 2. The lowest BCUT2D eigenvalue weighted by Gasteiger charge is -2.24. The van der Waals surface area contributed by atoms with Crippen molar-refractivity contribution >= 4 is 41.0 Å². The minimum Gasteiger partial charge on any atom is -0.324 e. The maximum Gasteiger partial charge on any atom is 0.260 e. The summed E-state index contributed by atoms with van der Waals surface area (Å²) in [6.45, 7) is 0. The maximum absolute atomic E-state index is 13.1. The van der Waals surface area contributed by atoms with Crippen molar-refractivity contribution in [1.82, 2.24) is 14.8 Å². The molecular formula is C25H20ClN5O2. The summed E-state index contributed by atoms with van der Waals surface area (Å²) in [6, 6.07) is 17.2. The molecule has 1 aromatic heterocycles. The molecule has 6 rings (SSSR count). The summed E-state index contributed by atoms with van der Waals surface area (Å²) in [5, 5.41) is 8.60. The highest BCUT2D eigenvalue weighted by Crippen LogP contribution is 2.39. The van der Waals surface area contributed by atoms with Gasteiger partial charge in [0, 0.05) is 10.7 Å². The van der Waals surface area contributed by atoms with Crippen LogP contribution in [-0.2, 0) is 9.59 Å². The highest BCUT2D eigenvalue weighted by molar-refractivity contribution is 6.30. The van der Waals surface area contributed by atoms with E-state index in [1.807, 2.05) is 66.7 Å². The fourth-order valence-electron chi connectivity index (χ4n) is 4.76. The number of hydrogen-bond acceptors (Lipinski definition) is 5. The Morgan fingerprint density at radius 1 is 0.909 bits per heavy atom. The van der Waals surface area contributed by atoms with E-state index in [0.717, 1.165) is 16.8 Å². The second-order valence-electron chi connectivity index (χ2n) is 8.42. The highest BCUT2D eigenvalue weighted by Gasteiger charge is 2.49. The van der Waals surface area contributed by atoms with Crippen molar-refractivity contribution in [3.63, 3.8) is 0 Å². The first-order valence-corrected chi connectivity index (χ1v) is 11.3. The zero-order valence-corrected chi connectivity index (χ0v) is 18.3. The van der Waals surface area contributed by atoms with Gasteiger partial charge in [-0.1, -0.05) is 66.2 Å². The van der Waals surface area contributed by atoms with E-state index in [9.17, 15) is 9.59 Å². The largest absolute Gasteiger partial charge is 0.324 e. The third-order valence-corrected chi connectivity index (χ3v) is 6.71. The Morgan fingerprint density at radius 2 is 1.58 bits per heavy atom. The first-order chi connectivity index (χ1) is 16.1. The second kappa shape index (κ2) is 7.71. The molecule has 3 aliphatic rings. The first-order valence-electron chi connectivity index (χ1n) is 10.9. The van der Waals surface area contributed by atoms with Crippen molar-refractivity contribution in [3.8, 4) is 0 Å². The fourth-order valence-corrected chi connectivity index (χ4v) is 4.89. The molecule has 1 aliphatic carbocycles. The van der Waals surface area contributed by atoms with Gasteiger partial charge < -0.3 is 5.32 Å². The van der Waals surface area contributed by atoms with E-state index in [2.05, 4.69) is 21.5 Å². The third kappa shape index (κ3) is 3.27. The molecular weight excluding hydrogens is 438 g/mol. The van der Waals surface area contributed by atoms with Crippen LogP contribution in [0, 0.1) is 11.8 Å². The number of hydrogen-bond donors (Lipinski definition) is 1. The topological polar surface area (TPSA) is 80.1 Å². The van der Waals surface area contributed by atoms with Crippen LogP contribution in [0.4, 0.5) is 11.9 Å². The highest BCUT2D eigenvalue weighted by atomic mass is 35.5. The van der Waals surface area contributed by atoms with Crippen LogP contribution in [0.1, 0.15) is 30.0 Å². The monoisotopic (exact) mass is 457 g/mol. The van der Waals surface area contributed by atoms with Gasteiger partial charge in [-0.2, -0.15) is 4.98 Å².